The van der Waals surface area contributed by atoms with Gasteiger partial charge >= 0.3 is 39.5 Å². The van der Waals surface area contributed by atoms with Gasteiger partial charge in [-0.3, -0.25) is 37.3 Å². The molecule has 456 valence electrons. The lowest BCUT2D eigenvalue weighted by molar-refractivity contribution is -0.161. The van der Waals surface area contributed by atoms with E-state index in [0.717, 1.165) is 127 Å². The number of carbonyl (C=O) groups excluding carboxylic acids is 4. The maximum Gasteiger partial charge on any atom is 0.472 e. The number of aliphatic hydroxyl groups excluding tert-OH is 1. The van der Waals surface area contributed by atoms with Gasteiger partial charge in [-0.15, -0.1) is 0 Å². The van der Waals surface area contributed by atoms with Gasteiger partial charge < -0.3 is 33.8 Å². The summed E-state index contributed by atoms with van der Waals surface area (Å²) in [6.45, 7) is 9.28. The van der Waals surface area contributed by atoms with Crippen molar-refractivity contribution in [2.45, 2.75) is 297 Å². The van der Waals surface area contributed by atoms with E-state index in [-0.39, 0.29) is 25.7 Å². The maximum absolute atomic E-state index is 12.9. The first kappa shape index (κ1) is 75.1. The van der Waals surface area contributed by atoms with E-state index in [2.05, 4.69) is 41.5 Å². The van der Waals surface area contributed by atoms with Crippen LogP contribution in [0.3, 0.4) is 0 Å². The van der Waals surface area contributed by atoms with Crippen LogP contribution in [0.1, 0.15) is 279 Å². The number of ether oxygens (including phenoxy) is 4. The van der Waals surface area contributed by atoms with E-state index in [0.29, 0.717) is 25.7 Å². The summed E-state index contributed by atoms with van der Waals surface area (Å²) in [5.41, 5.74) is 0. The lowest BCUT2D eigenvalue weighted by atomic mass is 10.00. The van der Waals surface area contributed by atoms with Gasteiger partial charge in [0.15, 0.2) is 12.2 Å². The summed E-state index contributed by atoms with van der Waals surface area (Å²) < 4.78 is 67.4. The number of rotatable bonds is 57. The molecule has 0 rings (SSSR count). The number of esters is 4. The quantitative estimate of drug-likeness (QED) is 0.0222. The van der Waals surface area contributed by atoms with Crippen molar-refractivity contribution in [1.82, 2.24) is 0 Å². The number of hydrogen-bond acceptors (Lipinski definition) is 15. The van der Waals surface area contributed by atoms with Crippen molar-refractivity contribution in [3.8, 4) is 0 Å². The summed E-state index contributed by atoms with van der Waals surface area (Å²) in [5.74, 6) is -0.651. The molecule has 0 heterocycles. The summed E-state index contributed by atoms with van der Waals surface area (Å²) >= 11 is 0. The smallest absolute Gasteiger partial charge is 0.462 e. The van der Waals surface area contributed by atoms with Gasteiger partial charge in [0.05, 0.1) is 26.4 Å². The van der Waals surface area contributed by atoms with E-state index in [1.807, 2.05) is 0 Å². The van der Waals surface area contributed by atoms with Crippen molar-refractivity contribution in [2.75, 3.05) is 39.6 Å². The molecule has 0 fully saturated rings. The summed E-state index contributed by atoms with van der Waals surface area (Å²) in [6, 6.07) is 0. The van der Waals surface area contributed by atoms with Crippen molar-refractivity contribution in [1.29, 1.82) is 0 Å². The second-order valence-electron chi connectivity index (χ2n) is 21.7. The van der Waals surface area contributed by atoms with Crippen molar-refractivity contribution in [3.63, 3.8) is 0 Å². The third kappa shape index (κ3) is 51.9. The van der Waals surface area contributed by atoms with Gasteiger partial charge in [-0.1, -0.05) is 228 Å². The molecular formula is C58H112O17P2. The first-order chi connectivity index (χ1) is 36.9. The van der Waals surface area contributed by atoms with Crippen LogP contribution in [-0.2, 0) is 65.4 Å². The van der Waals surface area contributed by atoms with Crippen LogP contribution in [0.2, 0.25) is 0 Å². The van der Waals surface area contributed by atoms with Crippen molar-refractivity contribution in [2.24, 2.45) is 11.8 Å². The molecule has 0 aliphatic rings. The standard InChI is InChI=1S/C58H112O17P2/c1-7-10-12-14-21-30-36-42-57(62)74-53(46-68-55(60)40-34-26-13-11-8-2)48-72-76(64,65)70-44-52(59)45-71-77(66,67)73-49-54(47-69-56(61)41-35-29-25-24-28-33-39-51(6)9-3)75-58(63)43-37-31-23-20-18-16-15-17-19-22-27-32-38-50(4)5/h50-54,59H,7-49H2,1-6H3,(H,64,65)(H,66,67)/t51?,52-,53+,54+/m0/s1. The van der Waals surface area contributed by atoms with Crippen LogP contribution in [0.4, 0.5) is 0 Å². The summed E-state index contributed by atoms with van der Waals surface area (Å²) in [5, 5.41) is 10.5. The van der Waals surface area contributed by atoms with Gasteiger partial charge in [0.25, 0.3) is 0 Å². The van der Waals surface area contributed by atoms with Gasteiger partial charge in [-0.25, -0.2) is 9.13 Å². The van der Waals surface area contributed by atoms with Crippen LogP contribution in [0.15, 0.2) is 0 Å². The van der Waals surface area contributed by atoms with Gasteiger partial charge in [-0.2, -0.15) is 0 Å². The zero-order valence-corrected chi connectivity index (χ0v) is 51.0. The molecule has 0 radical (unpaired) electrons. The van der Waals surface area contributed by atoms with Crippen LogP contribution >= 0.6 is 15.6 Å². The predicted octanol–water partition coefficient (Wildman–Crippen LogP) is 15.3. The lowest BCUT2D eigenvalue weighted by Gasteiger charge is -2.21. The van der Waals surface area contributed by atoms with Crippen LogP contribution < -0.4 is 0 Å². The third-order valence-corrected chi connectivity index (χ3v) is 15.5. The SMILES string of the molecule is CCCCCCCCCC(=O)O[C@H](COC(=O)CCCCCCC)COP(=O)(O)OC[C@H](O)COP(=O)(O)OC[C@@H](COC(=O)CCCCCCCCC(C)CC)OC(=O)CCCCCCCCCCCCCCC(C)C. The number of aliphatic hydroxyl groups is 1. The number of hydrogen-bond donors (Lipinski definition) is 3. The highest BCUT2D eigenvalue weighted by Gasteiger charge is 2.30. The molecule has 0 aromatic rings. The van der Waals surface area contributed by atoms with Crippen LogP contribution in [0, 0.1) is 11.8 Å². The van der Waals surface area contributed by atoms with E-state index in [1.165, 1.54) is 70.6 Å². The molecular weight excluding hydrogens is 1030 g/mol. The Kier molecular flexibility index (Phi) is 49.7. The average molecular weight is 1140 g/mol. The van der Waals surface area contributed by atoms with Gasteiger partial charge in [-0.05, 0) is 37.5 Å². The lowest BCUT2D eigenvalue weighted by Crippen LogP contribution is -2.30. The Bertz CT molecular complexity index is 1530. The summed E-state index contributed by atoms with van der Waals surface area (Å²) in [4.78, 5) is 71.5. The molecule has 3 unspecified atom stereocenters. The van der Waals surface area contributed by atoms with Gasteiger partial charge in [0.1, 0.15) is 19.3 Å². The molecule has 17 nitrogen and oxygen atoms in total. The highest BCUT2D eigenvalue weighted by molar-refractivity contribution is 7.47. The molecule has 77 heavy (non-hydrogen) atoms. The first-order valence-corrected chi connectivity index (χ1v) is 33.5. The van der Waals surface area contributed by atoms with Crippen LogP contribution in [-0.4, -0.2) is 96.7 Å². The Morgan fingerprint density at radius 3 is 0.987 bits per heavy atom. The minimum absolute atomic E-state index is 0.102. The Morgan fingerprint density at radius 2 is 0.662 bits per heavy atom. The fourth-order valence-corrected chi connectivity index (χ4v) is 10.0. The molecule has 0 spiro atoms. The molecule has 19 heteroatoms. The summed E-state index contributed by atoms with van der Waals surface area (Å²) in [7, 11) is -9.86. The largest absolute Gasteiger partial charge is 0.472 e. The molecule has 0 aromatic heterocycles. The first-order valence-electron chi connectivity index (χ1n) is 30.5. The van der Waals surface area contributed by atoms with Crippen molar-refractivity contribution in [3.05, 3.63) is 0 Å². The molecule has 0 bridgehead atoms. The zero-order chi connectivity index (χ0) is 57.3. The molecule has 0 amide bonds. The monoisotopic (exact) mass is 1140 g/mol. The van der Waals surface area contributed by atoms with Gasteiger partial charge in [0, 0.05) is 25.7 Å². The minimum Gasteiger partial charge on any atom is -0.462 e. The fourth-order valence-electron chi connectivity index (χ4n) is 8.44. The average Bonchev–Trinajstić information content (AvgIpc) is 3.39. The van der Waals surface area contributed by atoms with E-state index < -0.39 is 97.5 Å². The van der Waals surface area contributed by atoms with Crippen molar-refractivity contribution < 1.29 is 80.2 Å². The second-order valence-corrected chi connectivity index (χ2v) is 24.7. The highest BCUT2D eigenvalue weighted by Crippen LogP contribution is 2.45. The summed E-state index contributed by atoms with van der Waals surface area (Å²) in [6.07, 6.45) is 31.2. The topological polar surface area (TPSA) is 237 Å². The zero-order valence-electron chi connectivity index (χ0n) is 49.2. The molecule has 0 aliphatic carbocycles. The number of carbonyl (C=O) groups is 4. The van der Waals surface area contributed by atoms with E-state index in [1.54, 1.807) is 0 Å². The Labute approximate surface area is 467 Å². The number of phosphoric ester groups is 2. The molecule has 0 saturated carbocycles. The van der Waals surface area contributed by atoms with Crippen molar-refractivity contribution >= 4 is 39.5 Å². The number of unbranched alkanes of at least 4 members (excludes halogenated alkanes) is 26. The molecule has 3 N–H and O–H groups in total. The Balaban J connectivity index is 5.16. The van der Waals surface area contributed by atoms with E-state index in [4.69, 9.17) is 37.0 Å². The van der Waals surface area contributed by atoms with Gasteiger partial charge in [0.2, 0.25) is 0 Å². The maximum atomic E-state index is 12.9. The van der Waals surface area contributed by atoms with E-state index >= 15 is 0 Å². The number of phosphoric acid groups is 2. The molecule has 0 aromatic carbocycles. The van der Waals surface area contributed by atoms with Crippen LogP contribution in [0.5, 0.6) is 0 Å². The van der Waals surface area contributed by atoms with Crippen LogP contribution in [0.25, 0.3) is 0 Å². The molecule has 0 aliphatic heterocycles. The highest BCUT2D eigenvalue weighted by atomic mass is 31.2. The Morgan fingerprint density at radius 1 is 0.377 bits per heavy atom. The normalized spacial score (nSPS) is 14.8. The second kappa shape index (κ2) is 51.0. The predicted molar refractivity (Wildman–Crippen MR) is 303 cm³/mol. The molecule has 6 atom stereocenters. The molecule has 0 saturated heterocycles. The Hall–Kier alpha value is -1.94. The minimum atomic E-state index is -4.94. The third-order valence-electron chi connectivity index (χ3n) is 13.6. The fraction of sp³-hybridized carbons (Fsp3) is 0.931. The van der Waals surface area contributed by atoms with E-state index in [9.17, 15) is 43.2 Å².